The van der Waals surface area contributed by atoms with Crippen molar-refractivity contribution in [3.05, 3.63) is 222 Å². The highest BCUT2D eigenvalue weighted by Crippen LogP contribution is 2.64. The van der Waals surface area contributed by atoms with Crippen LogP contribution in [-0.4, -0.2) is 6.04 Å². The molecule has 0 saturated heterocycles. The van der Waals surface area contributed by atoms with Crippen LogP contribution in [0.4, 0.5) is 28.4 Å². The van der Waals surface area contributed by atoms with Crippen molar-refractivity contribution in [1.29, 1.82) is 0 Å². The number of hydrogen-bond acceptors (Lipinski definition) is 2. The Hall–Kier alpha value is -6.38. The molecule has 0 amide bonds. The minimum absolute atomic E-state index is 0.0257. The lowest BCUT2D eigenvalue weighted by atomic mass is 9.69. The van der Waals surface area contributed by atoms with Crippen molar-refractivity contribution in [2.24, 2.45) is 0 Å². The Labute approximate surface area is 345 Å². The van der Waals surface area contributed by atoms with Crippen LogP contribution >= 0.6 is 0 Å². The normalized spacial score (nSPS) is 15.3. The first-order valence-electron chi connectivity index (χ1n) is 20.7. The molecule has 2 atom stereocenters. The molecule has 7 aromatic rings. The highest BCUT2D eigenvalue weighted by Gasteiger charge is 2.52. The molecule has 0 aliphatic heterocycles. The molecule has 0 N–H and O–H groups in total. The molecule has 2 unspecified atom stereocenters. The first-order chi connectivity index (χ1) is 28.1. The monoisotopic (exact) mass is 752 g/mol. The van der Waals surface area contributed by atoms with Crippen molar-refractivity contribution in [3.8, 4) is 22.3 Å². The quantitative estimate of drug-likeness (QED) is 0.128. The van der Waals surface area contributed by atoms with Crippen LogP contribution in [0.1, 0.15) is 80.3 Å². The Morgan fingerprint density at radius 1 is 0.517 bits per heavy atom. The summed E-state index contributed by atoms with van der Waals surface area (Å²) in [5.74, 6) is 0.377. The lowest BCUT2D eigenvalue weighted by Gasteiger charge is -2.35. The second-order valence-corrected chi connectivity index (χ2v) is 17.2. The third kappa shape index (κ3) is 5.93. The van der Waals surface area contributed by atoms with Gasteiger partial charge in [-0.25, -0.2) is 0 Å². The van der Waals surface area contributed by atoms with E-state index >= 15 is 0 Å². The Kier molecular flexibility index (Phi) is 9.32. The number of benzene rings is 7. The van der Waals surface area contributed by atoms with E-state index in [4.69, 9.17) is 0 Å². The van der Waals surface area contributed by atoms with E-state index in [2.05, 4.69) is 227 Å². The van der Waals surface area contributed by atoms with Crippen molar-refractivity contribution in [3.63, 3.8) is 0 Å². The summed E-state index contributed by atoms with van der Waals surface area (Å²) in [6.07, 6.45) is 4.84. The number of para-hydroxylation sites is 3. The topological polar surface area (TPSA) is 6.48 Å². The molecular formula is C56H52N2. The summed E-state index contributed by atoms with van der Waals surface area (Å²) in [6, 6.07) is 61.3. The van der Waals surface area contributed by atoms with E-state index in [0.717, 1.165) is 34.9 Å². The van der Waals surface area contributed by atoms with E-state index in [0.29, 0.717) is 5.92 Å². The number of nitrogens with zero attached hydrogens (tertiary/aromatic N) is 2. The summed E-state index contributed by atoms with van der Waals surface area (Å²) in [6.45, 7) is 20.1. The molecule has 286 valence electrons. The maximum Gasteiger partial charge on any atom is 0.0727 e. The minimum atomic E-state index is -0.572. The Bertz CT molecular complexity index is 2610. The van der Waals surface area contributed by atoms with E-state index in [-0.39, 0.29) is 11.5 Å². The second kappa shape index (κ2) is 14.5. The zero-order valence-corrected chi connectivity index (χ0v) is 34.4. The van der Waals surface area contributed by atoms with Crippen LogP contribution in [0.2, 0.25) is 0 Å². The zero-order valence-electron chi connectivity index (χ0n) is 34.4. The van der Waals surface area contributed by atoms with Crippen LogP contribution in [0.15, 0.2) is 189 Å². The molecular weight excluding hydrogens is 701 g/mol. The van der Waals surface area contributed by atoms with Gasteiger partial charge in [0, 0.05) is 28.4 Å². The molecule has 9 rings (SSSR count). The Balaban J connectivity index is 1.39. The van der Waals surface area contributed by atoms with Crippen LogP contribution in [0.3, 0.4) is 0 Å². The van der Waals surface area contributed by atoms with Crippen LogP contribution in [-0.2, 0) is 10.8 Å². The zero-order chi connectivity index (χ0) is 40.2. The van der Waals surface area contributed by atoms with Crippen molar-refractivity contribution >= 4 is 28.4 Å². The van der Waals surface area contributed by atoms with Gasteiger partial charge >= 0.3 is 0 Å². The van der Waals surface area contributed by atoms with Gasteiger partial charge in [0.15, 0.2) is 0 Å². The van der Waals surface area contributed by atoms with Gasteiger partial charge in [-0.3, -0.25) is 0 Å². The summed E-state index contributed by atoms with van der Waals surface area (Å²) in [4.78, 5) is 4.84. The number of anilines is 5. The van der Waals surface area contributed by atoms with E-state index in [1.54, 1.807) is 0 Å². The van der Waals surface area contributed by atoms with E-state index < -0.39 is 5.41 Å². The number of rotatable bonds is 10. The molecule has 1 spiro atoms. The van der Waals surface area contributed by atoms with Gasteiger partial charge in [0.25, 0.3) is 0 Å². The molecule has 0 fully saturated rings. The third-order valence-electron chi connectivity index (χ3n) is 12.4. The fraction of sp³-hybridized carbons (Fsp3) is 0.179. The van der Waals surface area contributed by atoms with E-state index in [1.165, 1.54) is 55.6 Å². The molecule has 0 radical (unpaired) electrons. The van der Waals surface area contributed by atoms with Crippen molar-refractivity contribution in [1.82, 2.24) is 0 Å². The largest absolute Gasteiger partial charge is 0.334 e. The average molecular weight is 753 g/mol. The molecule has 0 aromatic heterocycles. The van der Waals surface area contributed by atoms with Crippen molar-refractivity contribution < 1.29 is 0 Å². The molecule has 2 heteroatoms. The highest BCUT2D eigenvalue weighted by molar-refractivity contribution is 5.97. The van der Waals surface area contributed by atoms with Crippen LogP contribution < -0.4 is 9.80 Å². The smallest absolute Gasteiger partial charge is 0.0727 e. The van der Waals surface area contributed by atoms with Gasteiger partial charge < -0.3 is 9.80 Å². The van der Waals surface area contributed by atoms with E-state index in [1.807, 2.05) is 6.08 Å². The van der Waals surface area contributed by atoms with E-state index in [9.17, 15) is 0 Å². The summed E-state index contributed by atoms with van der Waals surface area (Å²) in [5, 5.41) is 0. The van der Waals surface area contributed by atoms with Gasteiger partial charge in [0.1, 0.15) is 0 Å². The summed E-state index contributed by atoms with van der Waals surface area (Å²) in [5.41, 5.74) is 18.3. The molecule has 2 aliphatic carbocycles. The van der Waals surface area contributed by atoms with Crippen LogP contribution in [0, 0.1) is 0 Å². The van der Waals surface area contributed by atoms with Crippen molar-refractivity contribution in [2.45, 2.75) is 63.8 Å². The summed E-state index contributed by atoms with van der Waals surface area (Å²) < 4.78 is 0. The highest BCUT2D eigenvalue weighted by atomic mass is 15.2. The molecule has 7 aromatic carbocycles. The fourth-order valence-corrected chi connectivity index (χ4v) is 9.54. The maximum atomic E-state index is 4.33. The molecule has 2 aliphatic rings. The van der Waals surface area contributed by atoms with Gasteiger partial charge in [-0.05, 0) is 134 Å². The number of fused-ring (bicyclic) bond motifs is 10. The second-order valence-electron chi connectivity index (χ2n) is 17.2. The number of hydrogen-bond donors (Lipinski definition) is 0. The van der Waals surface area contributed by atoms with Crippen LogP contribution in [0.25, 0.3) is 22.3 Å². The lowest BCUT2D eigenvalue weighted by Crippen LogP contribution is -2.30. The molecule has 0 bridgehead atoms. The fourth-order valence-electron chi connectivity index (χ4n) is 9.54. The molecule has 58 heavy (non-hydrogen) atoms. The molecule has 2 nitrogen and oxygen atoms in total. The van der Waals surface area contributed by atoms with Crippen molar-refractivity contribution in [2.75, 3.05) is 9.80 Å². The first kappa shape index (κ1) is 37.2. The average Bonchev–Trinajstić information content (AvgIpc) is 3.70. The predicted molar refractivity (Wildman–Crippen MR) is 248 cm³/mol. The summed E-state index contributed by atoms with van der Waals surface area (Å²) in [7, 11) is 0. The SMILES string of the molecule is C=CCC(C=C)N(c1ccccc1)c1ccc2c(c1)C1(c3cc(C(C)C)ccc3-c3ccc(C(C)(C)C)cc31)c1cc(N(c3ccccc3)c3ccccc3)ccc1-2. The predicted octanol–water partition coefficient (Wildman–Crippen LogP) is 15.2. The third-order valence-corrected chi connectivity index (χ3v) is 12.4. The summed E-state index contributed by atoms with van der Waals surface area (Å²) >= 11 is 0. The van der Waals surface area contributed by atoms with Gasteiger partial charge in [-0.15, -0.1) is 13.2 Å². The Morgan fingerprint density at radius 2 is 0.983 bits per heavy atom. The maximum absolute atomic E-state index is 4.33. The Morgan fingerprint density at radius 3 is 1.50 bits per heavy atom. The van der Waals surface area contributed by atoms with Gasteiger partial charge in [0.2, 0.25) is 0 Å². The van der Waals surface area contributed by atoms with Gasteiger partial charge in [-0.2, -0.15) is 0 Å². The molecule has 0 heterocycles. The van der Waals surface area contributed by atoms with Gasteiger partial charge in [0.05, 0.1) is 11.5 Å². The van der Waals surface area contributed by atoms with Crippen LogP contribution in [0.5, 0.6) is 0 Å². The first-order valence-corrected chi connectivity index (χ1v) is 20.7. The minimum Gasteiger partial charge on any atom is -0.334 e. The lowest BCUT2D eigenvalue weighted by molar-refractivity contribution is 0.588. The standard InChI is InChI=1S/C56H52N2/c1-8-19-41(9-2)57(42-20-13-10-14-21-42)45-28-32-49-50-33-29-46(58(43-22-15-11-16-23-43)44-24-17-12-18-25-44)37-54(50)56(53(49)36-45)51-34-39(38(3)4)26-30-47(51)48-31-27-40(35-52(48)56)55(5,6)7/h8-18,20-38,41H,1-2,19H2,3-7H3. The molecule has 0 saturated carbocycles. The van der Waals surface area contributed by atoms with Gasteiger partial charge in [-0.1, -0.05) is 150 Å².